The molecule has 0 bridgehead atoms. The van der Waals surface area contributed by atoms with E-state index >= 15 is 0 Å². The molecule has 0 aliphatic heterocycles. The molecule has 0 saturated heterocycles. The summed E-state index contributed by atoms with van der Waals surface area (Å²) in [4.78, 5) is 8.79. The summed E-state index contributed by atoms with van der Waals surface area (Å²) in [5.41, 5.74) is 0.691. The minimum absolute atomic E-state index is 0.484. The lowest BCUT2D eigenvalue weighted by atomic mass is 10.2. The zero-order chi connectivity index (χ0) is 16.9. The minimum atomic E-state index is 0.484. The highest BCUT2D eigenvalue weighted by molar-refractivity contribution is 6.32. The lowest BCUT2D eigenvalue weighted by Crippen LogP contribution is -2.16. The minimum Gasteiger partial charge on any atom is -0.495 e. The van der Waals surface area contributed by atoms with Gasteiger partial charge in [0, 0.05) is 24.4 Å². The maximum absolute atomic E-state index is 6.13. The Morgan fingerprint density at radius 2 is 1.88 bits per heavy atom. The number of anilines is 3. The first-order valence-corrected chi connectivity index (χ1v) is 8.35. The Hall–Kier alpha value is -2.21. The second kappa shape index (κ2) is 7.57. The number of ether oxygens (including phenoxy) is 2. The zero-order valence-corrected chi connectivity index (χ0v) is 14.6. The lowest BCUT2D eigenvalue weighted by Gasteiger charge is -2.15. The third-order valence-corrected chi connectivity index (χ3v) is 4.38. The maximum Gasteiger partial charge on any atom is 0.229 e. The number of nitrogens with zero attached hydrogens (tertiary/aromatic N) is 2. The molecule has 1 aromatic carbocycles. The van der Waals surface area contributed by atoms with E-state index in [9.17, 15) is 0 Å². The Morgan fingerprint density at radius 3 is 2.58 bits per heavy atom. The van der Waals surface area contributed by atoms with Gasteiger partial charge in [0.05, 0.1) is 24.9 Å². The first-order chi connectivity index (χ1) is 11.7. The van der Waals surface area contributed by atoms with Gasteiger partial charge in [-0.2, -0.15) is 4.98 Å². The molecule has 0 atom stereocenters. The largest absolute Gasteiger partial charge is 0.495 e. The van der Waals surface area contributed by atoms with Crippen LogP contribution >= 0.6 is 11.6 Å². The van der Waals surface area contributed by atoms with Gasteiger partial charge in [-0.25, -0.2) is 4.98 Å². The summed E-state index contributed by atoms with van der Waals surface area (Å²) in [6, 6.07) is 5.84. The number of hydrogen-bond acceptors (Lipinski definition) is 6. The number of hydrogen-bond donors (Lipinski definition) is 2. The van der Waals surface area contributed by atoms with Crippen molar-refractivity contribution in [3.8, 4) is 11.5 Å². The van der Waals surface area contributed by atoms with Gasteiger partial charge >= 0.3 is 0 Å². The molecule has 0 amide bonds. The van der Waals surface area contributed by atoms with E-state index in [0.717, 1.165) is 5.82 Å². The molecule has 2 aromatic rings. The molecule has 0 unspecified atom stereocenters. The summed E-state index contributed by atoms with van der Waals surface area (Å²) >= 11 is 6.13. The van der Waals surface area contributed by atoms with Crippen molar-refractivity contribution in [3.05, 3.63) is 29.4 Å². The van der Waals surface area contributed by atoms with Crippen molar-refractivity contribution < 1.29 is 9.47 Å². The Balaban J connectivity index is 1.80. The lowest BCUT2D eigenvalue weighted by molar-refractivity contribution is 0.405. The number of nitrogens with one attached hydrogen (secondary N) is 2. The maximum atomic E-state index is 6.13. The van der Waals surface area contributed by atoms with Crippen molar-refractivity contribution in [3.63, 3.8) is 0 Å². The molecule has 3 rings (SSSR count). The smallest absolute Gasteiger partial charge is 0.229 e. The molecular weight excluding hydrogens is 328 g/mol. The van der Waals surface area contributed by atoms with Crippen molar-refractivity contribution in [1.29, 1.82) is 0 Å². The number of halogens is 1. The quantitative estimate of drug-likeness (QED) is 0.813. The van der Waals surface area contributed by atoms with E-state index in [-0.39, 0.29) is 0 Å². The van der Waals surface area contributed by atoms with Crippen LogP contribution in [0.5, 0.6) is 11.5 Å². The molecule has 7 heteroatoms. The fourth-order valence-corrected chi connectivity index (χ4v) is 3.09. The van der Waals surface area contributed by atoms with Crippen LogP contribution in [0.4, 0.5) is 17.5 Å². The van der Waals surface area contributed by atoms with Crippen LogP contribution in [0.25, 0.3) is 0 Å². The van der Waals surface area contributed by atoms with Gasteiger partial charge in [0.15, 0.2) is 0 Å². The van der Waals surface area contributed by atoms with Crippen LogP contribution in [-0.4, -0.2) is 30.2 Å². The number of rotatable bonds is 6. The summed E-state index contributed by atoms with van der Waals surface area (Å²) in [5, 5.41) is 7.11. The molecule has 128 valence electrons. The predicted molar refractivity (Wildman–Crippen MR) is 95.7 cm³/mol. The molecule has 1 saturated carbocycles. The van der Waals surface area contributed by atoms with Crippen LogP contribution in [0.15, 0.2) is 24.4 Å². The molecule has 1 aromatic heterocycles. The fourth-order valence-electron chi connectivity index (χ4n) is 2.86. The Labute approximate surface area is 146 Å². The monoisotopic (exact) mass is 348 g/mol. The van der Waals surface area contributed by atoms with Gasteiger partial charge in [0.1, 0.15) is 17.3 Å². The van der Waals surface area contributed by atoms with E-state index in [1.165, 1.54) is 25.7 Å². The van der Waals surface area contributed by atoms with Crippen molar-refractivity contribution >= 4 is 29.1 Å². The van der Waals surface area contributed by atoms with Crippen LogP contribution in [-0.2, 0) is 0 Å². The van der Waals surface area contributed by atoms with E-state index in [2.05, 4.69) is 20.6 Å². The summed E-state index contributed by atoms with van der Waals surface area (Å²) in [7, 11) is 3.16. The van der Waals surface area contributed by atoms with Gasteiger partial charge in [-0.1, -0.05) is 24.4 Å². The molecule has 6 nitrogen and oxygen atoms in total. The Morgan fingerprint density at radius 1 is 1.12 bits per heavy atom. The SMILES string of the molecule is COc1cc(Nc2nccc(NC3CCCC3)n2)c(OC)cc1Cl. The van der Waals surface area contributed by atoms with Gasteiger partial charge in [-0.05, 0) is 18.9 Å². The molecular formula is C17H21ClN4O2. The van der Waals surface area contributed by atoms with E-state index in [1.54, 1.807) is 32.5 Å². The van der Waals surface area contributed by atoms with Crippen LogP contribution < -0.4 is 20.1 Å². The van der Waals surface area contributed by atoms with E-state index in [1.807, 2.05) is 6.07 Å². The van der Waals surface area contributed by atoms with E-state index in [0.29, 0.717) is 34.2 Å². The molecule has 0 radical (unpaired) electrons. The molecule has 1 fully saturated rings. The molecule has 0 spiro atoms. The molecule has 1 aliphatic carbocycles. The highest BCUT2D eigenvalue weighted by Crippen LogP contribution is 2.36. The van der Waals surface area contributed by atoms with Gasteiger partial charge in [-0.3, -0.25) is 0 Å². The van der Waals surface area contributed by atoms with Crippen LogP contribution in [0.2, 0.25) is 5.02 Å². The van der Waals surface area contributed by atoms with Crippen molar-refractivity contribution in [2.24, 2.45) is 0 Å². The normalized spacial score (nSPS) is 14.5. The summed E-state index contributed by atoms with van der Waals surface area (Å²) in [5.74, 6) is 2.46. The number of aromatic nitrogens is 2. The topological polar surface area (TPSA) is 68.3 Å². The molecule has 2 N–H and O–H groups in total. The second-order valence-corrected chi connectivity index (χ2v) is 6.11. The Kier molecular flexibility index (Phi) is 5.25. The van der Waals surface area contributed by atoms with Gasteiger partial charge in [-0.15, -0.1) is 0 Å². The highest BCUT2D eigenvalue weighted by Gasteiger charge is 2.16. The van der Waals surface area contributed by atoms with Crippen molar-refractivity contribution in [1.82, 2.24) is 9.97 Å². The molecule has 1 aliphatic rings. The van der Waals surface area contributed by atoms with Crippen LogP contribution in [0.1, 0.15) is 25.7 Å². The summed E-state index contributed by atoms with van der Waals surface area (Å²) in [6.45, 7) is 0. The molecule has 1 heterocycles. The first-order valence-electron chi connectivity index (χ1n) is 7.97. The van der Waals surface area contributed by atoms with Crippen LogP contribution in [0, 0.1) is 0 Å². The van der Waals surface area contributed by atoms with Gasteiger partial charge in [0.25, 0.3) is 0 Å². The third kappa shape index (κ3) is 3.82. The fraction of sp³-hybridized carbons (Fsp3) is 0.412. The average molecular weight is 349 g/mol. The van der Waals surface area contributed by atoms with Gasteiger partial charge in [0.2, 0.25) is 5.95 Å². The van der Waals surface area contributed by atoms with Crippen molar-refractivity contribution in [2.45, 2.75) is 31.7 Å². The number of benzene rings is 1. The summed E-state index contributed by atoms with van der Waals surface area (Å²) < 4.78 is 10.6. The molecule has 24 heavy (non-hydrogen) atoms. The van der Waals surface area contributed by atoms with Crippen LogP contribution in [0.3, 0.4) is 0 Å². The second-order valence-electron chi connectivity index (χ2n) is 5.70. The van der Waals surface area contributed by atoms with Crippen molar-refractivity contribution in [2.75, 3.05) is 24.9 Å². The third-order valence-electron chi connectivity index (χ3n) is 4.08. The van der Waals surface area contributed by atoms with E-state index < -0.39 is 0 Å². The van der Waals surface area contributed by atoms with Gasteiger partial charge < -0.3 is 20.1 Å². The summed E-state index contributed by atoms with van der Waals surface area (Å²) in [6.07, 6.45) is 6.65. The predicted octanol–water partition coefficient (Wildman–Crippen LogP) is 4.25. The first kappa shape index (κ1) is 16.6. The van der Waals surface area contributed by atoms with E-state index in [4.69, 9.17) is 21.1 Å². The number of methoxy groups -OCH3 is 2. The Bertz CT molecular complexity index is 705. The average Bonchev–Trinajstić information content (AvgIpc) is 3.09. The highest BCUT2D eigenvalue weighted by atomic mass is 35.5. The standard InChI is InChI=1S/C17H21ClN4O2/c1-23-14-10-13(15(24-2)9-12(14)18)21-17-19-8-7-16(22-17)20-11-5-3-4-6-11/h7-11H,3-6H2,1-2H3,(H2,19,20,21,22). The zero-order valence-electron chi connectivity index (χ0n) is 13.8.